The van der Waals surface area contributed by atoms with Crippen LogP contribution in [-0.4, -0.2) is 47.0 Å². The lowest BCUT2D eigenvalue weighted by Crippen LogP contribution is -2.49. The molecular weight excluding hydrogens is 410 g/mol. The highest BCUT2D eigenvalue weighted by Crippen LogP contribution is 2.35. The van der Waals surface area contributed by atoms with Crippen LogP contribution in [0.4, 0.5) is 0 Å². The van der Waals surface area contributed by atoms with Gasteiger partial charge in [-0.2, -0.15) is 0 Å². The van der Waals surface area contributed by atoms with Crippen LogP contribution >= 0.6 is 11.6 Å². The molecule has 164 valence electrons. The van der Waals surface area contributed by atoms with Gasteiger partial charge in [0.05, 0.1) is 23.8 Å². The summed E-state index contributed by atoms with van der Waals surface area (Å²) in [6.07, 6.45) is 1.46. The lowest BCUT2D eigenvalue weighted by Gasteiger charge is -2.42. The number of nitrogens with zero attached hydrogens (tertiary/aromatic N) is 1. The summed E-state index contributed by atoms with van der Waals surface area (Å²) in [4.78, 5) is 2.27. The molecule has 0 aliphatic carbocycles. The minimum atomic E-state index is -0.679. The molecule has 0 saturated carbocycles. The largest absolute Gasteiger partial charge is 0.495 e. The number of halogens is 1. The number of aliphatic hydroxyl groups is 2. The molecule has 2 N–H and O–H groups in total. The van der Waals surface area contributed by atoms with Crippen LogP contribution in [0.5, 0.6) is 5.75 Å². The molecule has 1 fully saturated rings. The molecule has 2 atom stereocenters. The first-order valence-corrected chi connectivity index (χ1v) is 11.2. The Morgan fingerprint density at radius 1 is 1.06 bits per heavy atom. The van der Waals surface area contributed by atoms with Gasteiger partial charge >= 0.3 is 0 Å². The highest BCUT2D eigenvalue weighted by molar-refractivity contribution is 6.37. The second-order valence-corrected chi connectivity index (χ2v) is 9.05. The summed E-state index contributed by atoms with van der Waals surface area (Å²) in [6, 6.07) is 19.8. The third-order valence-corrected chi connectivity index (χ3v) is 7.03. The Balaban J connectivity index is 1.43. The fraction of sp³-hybridized carbons (Fsp3) is 0.385. The molecule has 0 unspecified atom stereocenters. The van der Waals surface area contributed by atoms with Crippen molar-refractivity contribution < 1.29 is 14.9 Å². The average Bonchev–Trinajstić information content (AvgIpc) is 2.79. The topological polar surface area (TPSA) is 52.9 Å². The molecule has 1 saturated heterocycles. The number of likely N-dealkylation sites (tertiary alicyclic amines) is 1. The predicted octanol–water partition coefficient (Wildman–Crippen LogP) is 4.99. The standard InChI is InChI=1S/C26H30ClNO3/c1-18(28-14-12-26(30,13-15-28)17-19-6-4-3-5-7-19)25(29)21-8-10-22-20(16-21)9-11-23(31-2)24(22)27/h3-11,16,18,25,29-30H,12-15,17H2,1-2H3/t18-,25-/m0/s1. The Morgan fingerprint density at radius 3 is 2.45 bits per heavy atom. The first kappa shape index (κ1) is 22.1. The van der Waals surface area contributed by atoms with Gasteiger partial charge in [-0.15, -0.1) is 0 Å². The molecule has 0 radical (unpaired) electrons. The Kier molecular flexibility index (Phi) is 6.54. The highest BCUT2D eigenvalue weighted by Gasteiger charge is 2.35. The number of piperidine rings is 1. The van der Waals surface area contributed by atoms with Gasteiger partial charge in [0.2, 0.25) is 0 Å². The summed E-state index contributed by atoms with van der Waals surface area (Å²) in [7, 11) is 1.60. The van der Waals surface area contributed by atoms with Crippen molar-refractivity contribution in [3.8, 4) is 5.75 Å². The van der Waals surface area contributed by atoms with Gasteiger partial charge < -0.3 is 14.9 Å². The maximum atomic E-state index is 11.1. The van der Waals surface area contributed by atoms with Crippen LogP contribution in [0.1, 0.15) is 37.0 Å². The zero-order chi connectivity index (χ0) is 22.0. The highest BCUT2D eigenvalue weighted by atomic mass is 35.5. The van der Waals surface area contributed by atoms with Gasteiger partial charge in [0.1, 0.15) is 5.75 Å². The summed E-state index contributed by atoms with van der Waals surface area (Å²) in [5.74, 6) is 0.645. The molecule has 0 amide bonds. The van der Waals surface area contributed by atoms with Crippen LogP contribution in [0.25, 0.3) is 10.8 Å². The summed E-state index contributed by atoms with van der Waals surface area (Å²) in [5.41, 5.74) is 1.35. The molecule has 1 aliphatic rings. The number of fused-ring (bicyclic) bond motifs is 1. The van der Waals surface area contributed by atoms with Crippen molar-refractivity contribution in [2.75, 3.05) is 20.2 Å². The molecule has 1 heterocycles. The van der Waals surface area contributed by atoms with Crippen molar-refractivity contribution in [3.63, 3.8) is 0 Å². The second kappa shape index (κ2) is 9.17. The third kappa shape index (κ3) is 4.73. The van der Waals surface area contributed by atoms with E-state index >= 15 is 0 Å². The van der Waals surface area contributed by atoms with E-state index in [4.69, 9.17) is 16.3 Å². The maximum Gasteiger partial charge on any atom is 0.138 e. The van der Waals surface area contributed by atoms with Crippen molar-refractivity contribution in [3.05, 3.63) is 76.8 Å². The van der Waals surface area contributed by atoms with Crippen molar-refractivity contribution in [1.82, 2.24) is 4.90 Å². The van der Waals surface area contributed by atoms with Gasteiger partial charge in [-0.3, -0.25) is 4.90 Å². The van der Waals surface area contributed by atoms with Gasteiger partial charge in [0.15, 0.2) is 0 Å². The van der Waals surface area contributed by atoms with Crippen LogP contribution in [0.15, 0.2) is 60.7 Å². The Bertz CT molecular complexity index is 1030. The van der Waals surface area contributed by atoms with E-state index < -0.39 is 11.7 Å². The average molecular weight is 440 g/mol. The van der Waals surface area contributed by atoms with E-state index in [2.05, 4.69) is 24.0 Å². The SMILES string of the molecule is COc1ccc2cc([C@@H](O)[C@H](C)N3CCC(O)(Cc4ccccc4)CC3)ccc2c1Cl. The minimum absolute atomic E-state index is 0.0487. The number of methoxy groups -OCH3 is 1. The number of rotatable bonds is 6. The number of hydrogen-bond acceptors (Lipinski definition) is 4. The molecule has 0 aromatic heterocycles. The van der Waals surface area contributed by atoms with Gasteiger partial charge in [-0.05, 0) is 48.4 Å². The normalized spacial score (nSPS) is 18.6. The summed E-state index contributed by atoms with van der Waals surface area (Å²) in [5, 5.41) is 24.6. The lowest BCUT2D eigenvalue weighted by molar-refractivity contribution is -0.0456. The summed E-state index contributed by atoms with van der Waals surface area (Å²) < 4.78 is 5.29. The van der Waals surface area contributed by atoms with Gasteiger partial charge in [-0.25, -0.2) is 0 Å². The molecule has 1 aliphatic heterocycles. The van der Waals surface area contributed by atoms with E-state index in [1.54, 1.807) is 7.11 Å². The molecule has 3 aromatic carbocycles. The van der Waals surface area contributed by atoms with Crippen molar-refractivity contribution in [2.24, 2.45) is 0 Å². The third-order valence-electron chi connectivity index (χ3n) is 6.64. The fourth-order valence-electron chi connectivity index (χ4n) is 4.61. The molecule has 31 heavy (non-hydrogen) atoms. The van der Waals surface area contributed by atoms with E-state index in [1.165, 1.54) is 0 Å². The number of aliphatic hydroxyl groups excluding tert-OH is 1. The van der Waals surface area contributed by atoms with E-state index in [9.17, 15) is 10.2 Å². The van der Waals surface area contributed by atoms with Crippen LogP contribution in [0.3, 0.4) is 0 Å². The van der Waals surface area contributed by atoms with Crippen molar-refractivity contribution in [2.45, 2.75) is 43.9 Å². The molecule has 4 nitrogen and oxygen atoms in total. The molecule has 0 bridgehead atoms. The second-order valence-electron chi connectivity index (χ2n) is 8.67. The Hall–Kier alpha value is -2.11. The smallest absolute Gasteiger partial charge is 0.138 e. The van der Waals surface area contributed by atoms with Gasteiger partial charge in [0.25, 0.3) is 0 Å². The summed E-state index contributed by atoms with van der Waals surface area (Å²) in [6.45, 7) is 3.58. The first-order chi connectivity index (χ1) is 14.9. The molecule has 5 heteroatoms. The quantitative estimate of drug-likeness (QED) is 0.568. The number of benzene rings is 3. The number of hydrogen-bond donors (Lipinski definition) is 2. The van der Waals surface area contributed by atoms with Gasteiger partial charge in [-0.1, -0.05) is 60.1 Å². The first-order valence-electron chi connectivity index (χ1n) is 10.8. The molecular formula is C26H30ClNO3. The zero-order valence-corrected chi connectivity index (χ0v) is 18.8. The Morgan fingerprint density at radius 2 is 1.77 bits per heavy atom. The predicted molar refractivity (Wildman–Crippen MR) is 126 cm³/mol. The molecule has 0 spiro atoms. The van der Waals surface area contributed by atoms with Gasteiger partial charge in [0, 0.05) is 30.9 Å². The minimum Gasteiger partial charge on any atom is -0.495 e. The van der Waals surface area contributed by atoms with Crippen LogP contribution in [-0.2, 0) is 6.42 Å². The van der Waals surface area contributed by atoms with E-state index in [1.807, 2.05) is 48.5 Å². The Labute approximate surface area is 189 Å². The summed E-state index contributed by atoms with van der Waals surface area (Å²) >= 11 is 6.42. The van der Waals surface area contributed by atoms with E-state index in [0.29, 0.717) is 30.0 Å². The van der Waals surface area contributed by atoms with Crippen molar-refractivity contribution >= 4 is 22.4 Å². The van der Waals surface area contributed by atoms with Crippen LogP contribution in [0.2, 0.25) is 5.02 Å². The zero-order valence-electron chi connectivity index (χ0n) is 18.1. The maximum absolute atomic E-state index is 11.1. The molecule has 4 rings (SSSR count). The fourth-order valence-corrected chi connectivity index (χ4v) is 4.92. The molecule has 3 aromatic rings. The van der Waals surface area contributed by atoms with E-state index in [-0.39, 0.29) is 6.04 Å². The van der Waals surface area contributed by atoms with Crippen LogP contribution in [0, 0.1) is 0 Å². The van der Waals surface area contributed by atoms with Crippen molar-refractivity contribution in [1.29, 1.82) is 0 Å². The monoisotopic (exact) mass is 439 g/mol. The van der Waals surface area contributed by atoms with Crippen LogP contribution < -0.4 is 4.74 Å². The van der Waals surface area contributed by atoms with E-state index in [0.717, 1.165) is 35.0 Å². The number of ether oxygens (including phenoxy) is 1. The lowest BCUT2D eigenvalue weighted by atomic mass is 9.84.